The zero-order valence-corrected chi connectivity index (χ0v) is 12.0. The highest BCUT2D eigenvalue weighted by Gasteiger charge is 2.21. The SMILES string of the molecule is CC(NCc1cnn2ccccc12)c1nnc2n1CCC2. The summed E-state index contributed by atoms with van der Waals surface area (Å²) in [5, 5.41) is 16.5. The van der Waals surface area contributed by atoms with Crippen LogP contribution in [0, 0.1) is 0 Å². The molecule has 0 saturated carbocycles. The first kappa shape index (κ1) is 12.5. The zero-order chi connectivity index (χ0) is 14.2. The van der Waals surface area contributed by atoms with Crippen molar-refractivity contribution < 1.29 is 0 Å². The van der Waals surface area contributed by atoms with Crippen molar-refractivity contribution >= 4 is 5.52 Å². The van der Waals surface area contributed by atoms with Crippen LogP contribution in [0.25, 0.3) is 5.52 Å². The smallest absolute Gasteiger partial charge is 0.149 e. The standard InChI is InChI=1S/C15H18N6/c1-11(15-19-18-14-6-4-7-20(14)15)16-9-12-10-17-21-8-3-2-5-13(12)21/h2-3,5,8,10-11,16H,4,6-7,9H2,1H3. The zero-order valence-electron chi connectivity index (χ0n) is 12.0. The van der Waals surface area contributed by atoms with Gasteiger partial charge in [0.05, 0.1) is 17.8 Å². The van der Waals surface area contributed by atoms with E-state index in [1.807, 2.05) is 29.0 Å². The van der Waals surface area contributed by atoms with Crippen LogP contribution in [0.5, 0.6) is 0 Å². The fraction of sp³-hybridized carbons (Fsp3) is 0.400. The molecule has 4 rings (SSSR count). The van der Waals surface area contributed by atoms with Crippen LogP contribution < -0.4 is 5.32 Å². The predicted octanol–water partition coefficient (Wildman–Crippen LogP) is 1.72. The Morgan fingerprint density at radius 2 is 2.29 bits per heavy atom. The summed E-state index contributed by atoms with van der Waals surface area (Å²) < 4.78 is 4.14. The summed E-state index contributed by atoms with van der Waals surface area (Å²) >= 11 is 0. The molecule has 0 aromatic carbocycles. The number of pyridine rings is 1. The Morgan fingerprint density at radius 1 is 1.33 bits per heavy atom. The van der Waals surface area contributed by atoms with E-state index in [1.165, 1.54) is 12.0 Å². The Morgan fingerprint density at radius 3 is 3.24 bits per heavy atom. The summed E-state index contributed by atoms with van der Waals surface area (Å²) in [6.07, 6.45) is 6.11. The maximum Gasteiger partial charge on any atom is 0.149 e. The van der Waals surface area contributed by atoms with Gasteiger partial charge in [-0.2, -0.15) is 5.10 Å². The van der Waals surface area contributed by atoms with E-state index in [2.05, 4.69) is 38.2 Å². The molecule has 1 aliphatic rings. The number of nitrogens with one attached hydrogen (secondary N) is 1. The molecule has 1 unspecified atom stereocenters. The summed E-state index contributed by atoms with van der Waals surface area (Å²) in [5.41, 5.74) is 2.34. The molecule has 6 heteroatoms. The third kappa shape index (κ3) is 2.12. The molecule has 1 N–H and O–H groups in total. The second-order valence-corrected chi connectivity index (χ2v) is 5.53. The number of aryl methyl sites for hydroxylation is 1. The number of fused-ring (bicyclic) bond motifs is 2. The third-order valence-electron chi connectivity index (χ3n) is 4.13. The van der Waals surface area contributed by atoms with Gasteiger partial charge < -0.3 is 9.88 Å². The number of aromatic nitrogens is 5. The molecule has 3 aromatic rings. The first-order valence-electron chi connectivity index (χ1n) is 7.39. The van der Waals surface area contributed by atoms with E-state index in [9.17, 15) is 0 Å². The van der Waals surface area contributed by atoms with Gasteiger partial charge in [0.2, 0.25) is 0 Å². The molecule has 0 saturated heterocycles. The van der Waals surface area contributed by atoms with E-state index in [1.54, 1.807) is 0 Å². The van der Waals surface area contributed by atoms with Crippen molar-refractivity contribution in [2.24, 2.45) is 0 Å². The second-order valence-electron chi connectivity index (χ2n) is 5.53. The number of nitrogens with zero attached hydrogens (tertiary/aromatic N) is 5. The summed E-state index contributed by atoms with van der Waals surface area (Å²) in [5.74, 6) is 2.16. The van der Waals surface area contributed by atoms with Crippen LogP contribution in [-0.4, -0.2) is 24.4 Å². The summed E-state index contributed by atoms with van der Waals surface area (Å²) in [6, 6.07) is 6.29. The van der Waals surface area contributed by atoms with Crippen LogP contribution in [0.2, 0.25) is 0 Å². The summed E-state index contributed by atoms with van der Waals surface area (Å²) in [4.78, 5) is 0. The van der Waals surface area contributed by atoms with Crippen molar-refractivity contribution in [2.75, 3.05) is 0 Å². The van der Waals surface area contributed by atoms with Crippen molar-refractivity contribution in [3.05, 3.63) is 47.8 Å². The maximum absolute atomic E-state index is 4.36. The summed E-state index contributed by atoms with van der Waals surface area (Å²) in [7, 11) is 0. The topological polar surface area (TPSA) is 60.0 Å². The highest BCUT2D eigenvalue weighted by Crippen LogP contribution is 2.19. The molecule has 0 aliphatic carbocycles. The fourth-order valence-corrected chi connectivity index (χ4v) is 2.97. The molecular formula is C15H18N6. The lowest BCUT2D eigenvalue weighted by Crippen LogP contribution is -2.21. The van der Waals surface area contributed by atoms with Gasteiger partial charge >= 0.3 is 0 Å². The van der Waals surface area contributed by atoms with Crippen LogP contribution in [0.4, 0.5) is 0 Å². The lowest BCUT2D eigenvalue weighted by Gasteiger charge is -2.13. The van der Waals surface area contributed by atoms with E-state index in [0.29, 0.717) is 0 Å². The van der Waals surface area contributed by atoms with Crippen molar-refractivity contribution in [1.29, 1.82) is 0 Å². The van der Waals surface area contributed by atoms with Crippen LogP contribution in [-0.2, 0) is 19.5 Å². The molecule has 4 heterocycles. The largest absolute Gasteiger partial charge is 0.314 e. The van der Waals surface area contributed by atoms with Gasteiger partial charge in [0.1, 0.15) is 11.6 Å². The molecule has 21 heavy (non-hydrogen) atoms. The first-order valence-corrected chi connectivity index (χ1v) is 7.39. The normalized spacial score (nSPS) is 15.5. The van der Waals surface area contributed by atoms with Crippen molar-refractivity contribution in [3.63, 3.8) is 0 Å². The van der Waals surface area contributed by atoms with Crippen molar-refractivity contribution in [3.8, 4) is 0 Å². The van der Waals surface area contributed by atoms with Gasteiger partial charge in [0, 0.05) is 31.3 Å². The van der Waals surface area contributed by atoms with Gasteiger partial charge in [-0.05, 0) is 25.5 Å². The molecule has 1 aliphatic heterocycles. The number of hydrogen-bond donors (Lipinski definition) is 1. The Balaban J connectivity index is 1.51. The predicted molar refractivity (Wildman–Crippen MR) is 78.8 cm³/mol. The molecule has 0 amide bonds. The maximum atomic E-state index is 4.36. The molecule has 0 spiro atoms. The molecule has 108 valence electrons. The van der Waals surface area contributed by atoms with Crippen molar-refractivity contribution in [2.45, 2.75) is 38.9 Å². The van der Waals surface area contributed by atoms with Gasteiger partial charge in [-0.1, -0.05) is 6.07 Å². The molecular weight excluding hydrogens is 264 g/mol. The van der Waals surface area contributed by atoms with E-state index in [0.717, 1.165) is 36.7 Å². The van der Waals surface area contributed by atoms with Crippen molar-refractivity contribution in [1.82, 2.24) is 29.7 Å². The summed E-state index contributed by atoms with van der Waals surface area (Å²) in [6.45, 7) is 3.96. The lowest BCUT2D eigenvalue weighted by molar-refractivity contribution is 0.517. The van der Waals surface area contributed by atoms with Crippen LogP contribution >= 0.6 is 0 Å². The molecule has 3 aromatic heterocycles. The Bertz CT molecular complexity index is 771. The number of rotatable bonds is 4. The Kier molecular flexibility index (Phi) is 2.96. The monoisotopic (exact) mass is 282 g/mol. The van der Waals surface area contributed by atoms with Gasteiger partial charge in [-0.15, -0.1) is 10.2 Å². The minimum Gasteiger partial charge on any atom is -0.314 e. The molecule has 0 radical (unpaired) electrons. The third-order valence-corrected chi connectivity index (χ3v) is 4.13. The molecule has 0 fully saturated rings. The Labute approximate surface area is 122 Å². The molecule has 0 bridgehead atoms. The van der Waals surface area contributed by atoms with E-state index in [4.69, 9.17) is 0 Å². The van der Waals surface area contributed by atoms with Gasteiger partial charge in [0.25, 0.3) is 0 Å². The Hall–Kier alpha value is -2.21. The van der Waals surface area contributed by atoms with Gasteiger partial charge in [-0.25, -0.2) is 4.52 Å². The minimum atomic E-state index is 0.183. The lowest BCUT2D eigenvalue weighted by atomic mass is 10.2. The molecule has 1 atom stereocenters. The second kappa shape index (κ2) is 4.96. The average Bonchev–Trinajstić information content (AvgIpc) is 3.19. The van der Waals surface area contributed by atoms with Crippen LogP contribution in [0.15, 0.2) is 30.6 Å². The number of hydrogen-bond acceptors (Lipinski definition) is 4. The van der Waals surface area contributed by atoms with E-state index < -0.39 is 0 Å². The minimum absolute atomic E-state index is 0.183. The first-order chi connectivity index (χ1) is 10.3. The van der Waals surface area contributed by atoms with Crippen LogP contribution in [0.3, 0.4) is 0 Å². The average molecular weight is 282 g/mol. The highest BCUT2D eigenvalue weighted by molar-refractivity contribution is 5.53. The van der Waals surface area contributed by atoms with E-state index in [-0.39, 0.29) is 6.04 Å². The quantitative estimate of drug-likeness (QED) is 0.791. The van der Waals surface area contributed by atoms with E-state index >= 15 is 0 Å². The van der Waals surface area contributed by atoms with Crippen LogP contribution in [0.1, 0.15) is 36.6 Å². The fourth-order valence-electron chi connectivity index (χ4n) is 2.97. The van der Waals surface area contributed by atoms with Gasteiger partial charge in [0.15, 0.2) is 0 Å². The molecule has 6 nitrogen and oxygen atoms in total. The highest BCUT2D eigenvalue weighted by atomic mass is 15.3. The van der Waals surface area contributed by atoms with Gasteiger partial charge in [-0.3, -0.25) is 0 Å².